The fourth-order valence-electron chi connectivity index (χ4n) is 1.66. The van der Waals surface area contributed by atoms with Crippen molar-refractivity contribution < 1.29 is 18.3 Å². The van der Waals surface area contributed by atoms with Gasteiger partial charge in [-0.15, -0.1) is 0 Å². The highest BCUT2D eigenvalue weighted by Gasteiger charge is 2.12. The molecule has 0 saturated heterocycles. The van der Waals surface area contributed by atoms with E-state index >= 15 is 0 Å². The molecule has 0 aliphatic rings. The van der Waals surface area contributed by atoms with Crippen LogP contribution in [-0.2, 0) is 6.54 Å². The number of alkyl halides is 2. The molecule has 0 bridgehead atoms. The number of nitrogens with one attached hydrogen (secondary N) is 2. The van der Waals surface area contributed by atoms with E-state index in [1.54, 1.807) is 31.2 Å². The van der Waals surface area contributed by atoms with E-state index in [0.29, 0.717) is 5.56 Å². The van der Waals surface area contributed by atoms with Gasteiger partial charge < -0.3 is 10.1 Å². The molecule has 0 atom stereocenters. The van der Waals surface area contributed by atoms with Crippen molar-refractivity contribution in [1.29, 1.82) is 0 Å². The molecule has 1 amide bonds. The summed E-state index contributed by atoms with van der Waals surface area (Å²) in [6.45, 7) is -1.05. The van der Waals surface area contributed by atoms with Crippen LogP contribution >= 0.6 is 0 Å². The average molecular weight is 281 g/mol. The average Bonchev–Trinajstić information content (AvgIpc) is 2.83. The van der Waals surface area contributed by atoms with Crippen molar-refractivity contribution >= 4 is 5.91 Å². The molecule has 1 heterocycles. The van der Waals surface area contributed by atoms with Gasteiger partial charge in [0, 0.05) is 17.8 Å². The zero-order valence-electron chi connectivity index (χ0n) is 10.7. The van der Waals surface area contributed by atoms with E-state index in [0.717, 1.165) is 5.69 Å². The van der Waals surface area contributed by atoms with E-state index in [4.69, 9.17) is 0 Å². The van der Waals surface area contributed by atoms with E-state index in [9.17, 15) is 13.6 Å². The van der Waals surface area contributed by atoms with Gasteiger partial charge >= 0.3 is 6.61 Å². The van der Waals surface area contributed by atoms with Crippen LogP contribution in [-0.4, -0.2) is 22.7 Å². The molecule has 0 unspecified atom stereocenters. The number of amides is 1. The number of hydrogen-bond acceptors (Lipinski definition) is 3. The molecule has 0 aliphatic heterocycles. The number of carbonyl (C=O) groups excluding carboxylic acids is 1. The number of H-pyrrole nitrogens is 1. The maximum Gasteiger partial charge on any atom is 0.387 e. The van der Waals surface area contributed by atoms with E-state index in [2.05, 4.69) is 20.3 Å². The summed E-state index contributed by atoms with van der Waals surface area (Å²) in [5.74, 6) is -0.345. The van der Waals surface area contributed by atoms with E-state index in [-0.39, 0.29) is 23.9 Å². The second-order valence-electron chi connectivity index (χ2n) is 4.11. The summed E-state index contributed by atoms with van der Waals surface area (Å²) in [6.07, 6.45) is 0. The van der Waals surface area contributed by atoms with Crippen LogP contribution in [0, 0.1) is 6.92 Å². The van der Waals surface area contributed by atoms with Crippen molar-refractivity contribution in [2.24, 2.45) is 0 Å². The van der Waals surface area contributed by atoms with Gasteiger partial charge in [0.2, 0.25) is 0 Å². The fraction of sp³-hybridized carbons (Fsp3) is 0.231. The SMILES string of the molecule is Cc1cc(C(=O)NCc2ccccc2OC(F)F)n[nH]1. The molecule has 2 rings (SSSR count). The number of aromatic amines is 1. The molecule has 0 spiro atoms. The number of carbonyl (C=O) groups is 1. The topological polar surface area (TPSA) is 67.0 Å². The normalized spacial score (nSPS) is 10.6. The summed E-state index contributed by atoms with van der Waals surface area (Å²) >= 11 is 0. The first kappa shape index (κ1) is 14.0. The molecule has 0 radical (unpaired) electrons. The maximum atomic E-state index is 12.2. The van der Waals surface area contributed by atoms with Crippen LogP contribution in [0.1, 0.15) is 21.7 Å². The lowest BCUT2D eigenvalue weighted by atomic mass is 10.2. The quantitative estimate of drug-likeness (QED) is 0.883. The Bertz CT molecular complexity index is 599. The third kappa shape index (κ3) is 3.53. The van der Waals surface area contributed by atoms with E-state index < -0.39 is 6.61 Å². The Morgan fingerprint density at radius 1 is 1.45 bits per heavy atom. The molecular formula is C13H13F2N3O2. The predicted molar refractivity (Wildman–Crippen MR) is 67.6 cm³/mol. The zero-order chi connectivity index (χ0) is 14.5. The van der Waals surface area contributed by atoms with Crippen LogP contribution in [0.15, 0.2) is 30.3 Å². The Morgan fingerprint density at radius 3 is 2.85 bits per heavy atom. The molecule has 0 saturated carbocycles. The van der Waals surface area contributed by atoms with E-state index in [1.807, 2.05) is 0 Å². The molecule has 5 nitrogen and oxygen atoms in total. The standard InChI is InChI=1S/C13H13F2N3O2/c1-8-6-10(18-17-8)12(19)16-7-9-4-2-3-5-11(9)20-13(14)15/h2-6,13H,7H2,1H3,(H,16,19)(H,17,18). The summed E-state index contributed by atoms with van der Waals surface area (Å²) in [4.78, 5) is 11.8. The lowest BCUT2D eigenvalue weighted by Crippen LogP contribution is -2.23. The summed E-state index contributed by atoms with van der Waals surface area (Å²) in [5.41, 5.74) is 1.47. The zero-order valence-corrected chi connectivity index (χ0v) is 10.7. The van der Waals surface area contributed by atoms with Gasteiger partial charge in [-0.25, -0.2) is 0 Å². The van der Waals surface area contributed by atoms with Gasteiger partial charge in [-0.3, -0.25) is 9.89 Å². The minimum Gasteiger partial charge on any atom is -0.434 e. The Hall–Kier alpha value is -2.44. The summed E-state index contributed by atoms with van der Waals surface area (Å²) in [7, 11) is 0. The van der Waals surface area contributed by atoms with Crippen molar-refractivity contribution in [2.45, 2.75) is 20.1 Å². The van der Waals surface area contributed by atoms with Crippen molar-refractivity contribution in [3.8, 4) is 5.75 Å². The maximum absolute atomic E-state index is 12.2. The monoisotopic (exact) mass is 281 g/mol. The Labute approximate surface area is 114 Å². The highest BCUT2D eigenvalue weighted by atomic mass is 19.3. The van der Waals surface area contributed by atoms with Gasteiger partial charge in [0.15, 0.2) is 0 Å². The molecule has 2 aromatic rings. The van der Waals surface area contributed by atoms with Crippen LogP contribution in [0.4, 0.5) is 8.78 Å². The van der Waals surface area contributed by atoms with Gasteiger partial charge in [0.05, 0.1) is 0 Å². The number of benzene rings is 1. The van der Waals surface area contributed by atoms with Crippen molar-refractivity contribution in [2.75, 3.05) is 0 Å². The smallest absolute Gasteiger partial charge is 0.387 e. The number of hydrogen-bond donors (Lipinski definition) is 2. The highest BCUT2D eigenvalue weighted by molar-refractivity contribution is 5.92. The van der Waals surface area contributed by atoms with Gasteiger partial charge in [-0.1, -0.05) is 18.2 Å². The molecule has 2 N–H and O–H groups in total. The summed E-state index contributed by atoms with van der Waals surface area (Å²) < 4.78 is 28.9. The molecule has 0 fully saturated rings. The first-order chi connectivity index (χ1) is 9.56. The molecule has 1 aromatic carbocycles. The van der Waals surface area contributed by atoms with Crippen LogP contribution in [0.2, 0.25) is 0 Å². The first-order valence-corrected chi connectivity index (χ1v) is 5.89. The lowest BCUT2D eigenvalue weighted by molar-refractivity contribution is -0.0504. The molecule has 1 aromatic heterocycles. The molecule has 0 aliphatic carbocycles. The number of para-hydroxylation sites is 1. The second kappa shape index (κ2) is 6.14. The number of nitrogens with zero attached hydrogens (tertiary/aromatic N) is 1. The third-order valence-corrected chi connectivity index (χ3v) is 2.57. The Balaban J connectivity index is 2.02. The second-order valence-corrected chi connectivity index (χ2v) is 4.11. The molecule has 7 heteroatoms. The van der Waals surface area contributed by atoms with Crippen LogP contribution in [0.25, 0.3) is 0 Å². The van der Waals surface area contributed by atoms with Gasteiger partial charge in [0.1, 0.15) is 11.4 Å². The number of ether oxygens (including phenoxy) is 1. The summed E-state index contributed by atoms with van der Waals surface area (Å²) in [5, 5.41) is 9.06. The molecule has 106 valence electrons. The van der Waals surface area contributed by atoms with Crippen LogP contribution in [0.5, 0.6) is 5.75 Å². The minimum atomic E-state index is -2.90. The number of aryl methyl sites for hydroxylation is 1. The van der Waals surface area contributed by atoms with Crippen LogP contribution in [0.3, 0.4) is 0 Å². The van der Waals surface area contributed by atoms with Crippen molar-refractivity contribution in [1.82, 2.24) is 15.5 Å². The lowest BCUT2D eigenvalue weighted by Gasteiger charge is -2.10. The predicted octanol–water partition coefficient (Wildman–Crippen LogP) is 2.25. The van der Waals surface area contributed by atoms with Crippen molar-refractivity contribution in [3.05, 3.63) is 47.3 Å². The molecule has 20 heavy (non-hydrogen) atoms. The fourth-order valence-corrected chi connectivity index (χ4v) is 1.66. The highest BCUT2D eigenvalue weighted by Crippen LogP contribution is 2.20. The molecular weight excluding hydrogens is 268 g/mol. The first-order valence-electron chi connectivity index (χ1n) is 5.89. The minimum absolute atomic E-state index is 0.0426. The Morgan fingerprint density at radius 2 is 2.20 bits per heavy atom. The largest absolute Gasteiger partial charge is 0.434 e. The number of aromatic nitrogens is 2. The third-order valence-electron chi connectivity index (χ3n) is 2.57. The summed E-state index contributed by atoms with van der Waals surface area (Å²) in [6, 6.07) is 7.88. The van der Waals surface area contributed by atoms with Crippen LogP contribution < -0.4 is 10.1 Å². The number of rotatable bonds is 5. The van der Waals surface area contributed by atoms with E-state index in [1.165, 1.54) is 6.07 Å². The number of halogens is 2. The Kier molecular flexibility index (Phi) is 4.29. The van der Waals surface area contributed by atoms with Crippen molar-refractivity contribution in [3.63, 3.8) is 0 Å². The van der Waals surface area contributed by atoms with Gasteiger partial charge in [0.25, 0.3) is 5.91 Å². The van der Waals surface area contributed by atoms with Gasteiger partial charge in [-0.2, -0.15) is 13.9 Å². The van der Waals surface area contributed by atoms with Gasteiger partial charge in [-0.05, 0) is 19.1 Å².